The first-order valence-corrected chi connectivity index (χ1v) is 20.4. The van der Waals surface area contributed by atoms with E-state index < -0.39 is 0 Å². The topological polar surface area (TPSA) is 91.5 Å². The predicted molar refractivity (Wildman–Crippen MR) is 247 cm³/mol. The molecule has 0 spiro atoms. The van der Waals surface area contributed by atoms with E-state index in [2.05, 4.69) is 71.3 Å². The lowest BCUT2D eigenvalue weighted by Gasteiger charge is -2.14. The highest BCUT2D eigenvalue weighted by Crippen LogP contribution is 2.39. The third-order valence-corrected chi connectivity index (χ3v) is 10.8. The lowest BCUT2D eigenvalue weighted by atomic mass is 9.99. The summed E-state index contributed by atoms with van der Waals surface area (Å²) in [6, 6.07) is 70.9. The Hall–Kier alpha value is -8.62. The van der Waals surface area contributed by atoms with Crippen molar-refractivity contribution in [2.24, 2.45) is 0 Å². The maximum absolute atomic E-state index is 6.76. The van der Waals surface area contributed by atoms with E-state index in [1.165, 1.54) is 0 Å². The Morgan fingerprint density at radius 3 is 1.44 bits per heavy atom. The number of para-hydroxylation sites is 2. The van der Waals surface area contributed by atoms with Gasteiger partial charge in [0.25, 0.3) is 0 Å². The molecule has 0 N–H and O–H groups in total. The number of ether oxygens (including phenoxy) is 1. The van der Waals surface area contributed by atoms with Gasteiger partial charge in [-0.15, -0.1) is 0 Å². The van der Waals surface area contributed by atoms with Crippen LogP contribution in [0.1, 0.15) is 0 Å². The lowest BCUT2D eigenvalue weighted by Crippen LogP contribution is -2.06. The SMILES string of the molecule is c1ccc(-c2nc(-c3ccccc3)nc(-c3cccc(Oc4ccccc4-c4nc(-c5ccccc5)nc(-n5c6ccccc6c6c(-c7ccccc7)cccc65)n4)c3)n2)cc1. The van der Waals surface area contributed by atoms with Crippen LogP contribution in [0.2, 0.25) is 0 Å². The minimum atomic E-state index is 0.475. The van der Waals surface area contributed by atoms with Crippen LogP contribution in [-0.4, -0.2) is 34.5 Å². The number of hydrogen-bond donors (Lipinski definition) is 0. The lowest BCUT2D eigenvalue weighted by molar-refractivity contribution is 0.484. The first kappa shape index (κ1) is 36.5. The van der Waals surface area contributed by atoms with Gasteiger partial charge in [-0.25, -0.2) is 19.9 Å². The molecular formula is C54H35N7O. The minimum absolute atomic E-state index is 0.475. The average molecular weight is 798 g/mol. The second-order valence-electron chi connectivity index (χ2n) is 14.7. The molecule has 292 valence electrons. The van der Waals surface area contributed by atoms with Gasteiger partial charge in [0.1, 0.15) is 11.5 Å². The average Bonchev–Trinajstić information content (AvgIpc) is 3.70. The molecule has 0 fully saturated rings. The van der Waals surface area contributed by atoms with Crippen LogP contribution in [0.4, 0.5) is 0 Å². The van der Waals surface area contributed by atoms with Crippen LogP contribution in [0.5, 0.6) is 11.5 Å². The van der Waals surface area contributed by atoms with Gasteiger partial charge in [-0.3, -0.25) is 4.57 Å². The van der Waals surface area contributed by atoms with Crippen molar-refractivity contribution < 1.29 is 4.74 Å². The number of benzene rings is 8. The molecule has 0 unspecified atom stereocenters. The van der Waals surface area contributed by atoms with Crippen molar-refractivity contribution in [2.75, 3.05) is 0 Å². The molecule has 0 aliphatic rings. The molecule has 3 aromatic heterocycles. The van der Waals surface area contributed by atoms with E-state index in [4.69, 9.17) is 34.6 Å². The molecule has 8 aromatic carbocycles. The van der Waals surface area contributed by atoms with Gasteiger partial charge in [0.2, 0.25) is 5.95 Å². The highest BCUT2D eigenvalue weighted by molar-refractivity contribution is 6.15. The van der Waals surface area contributed by atoms with E-state index in [9.17, 15) is 0 Å². The predicted octanol–water partition coefficient (Wildman–Crippen LogP) is 12.9. The molecule has 0 amide bonds. The Balaban J connectivity index is 1.03. The van der Waals surface area contributed by atoms with Crippen LogP contribution >= 0.6 is 0 Å². The number of nitrogens with zero attached hydrogens (tertiary/aromatic N) is 7. The zero-order valence-electron chi connectivity index (χ0n) is 33.2. The van der Waals surface area contributed by atoms with Crippen molar-refractivity contribution in [3.8, 4) is 85.5 Å². The summed E-state index contributed by atoms with van der Waals surface area (Å²) < 4.78 is 8.90. The number of aromatic nitrogens is 7. The highest BCUT2D eigenvalue weighted by atomic mass is 16.5. The van der Waals surface area contributed by atoms with Crippen molar-refractivity contribution in [3.63, 3.8) is 0 Å². The van der Waals surface area contributed by atoms with E-state index in [-0.39, 0.29) is 0 Å². The van der Waals surface area contributed by atoms with E-state index in [1.54, 1.807) is 0 Å². The van der Waals surface area contributed by atoms with Gasteiger partial charge in [0, 0.05) is 33.0 Å². The fourth-order valence-corrected chi connectivity index (χ4v) is 7.90. The molecule has 62 heavy (non-hydrogen) atoms. The van der Waals surface area contributed by atoms with E-state index in [1.807, 2.05) is 146 Å². The van der Waals surface area contributed by atoms with Gasteiger partial charge in [-0.05, 0) is 47.5 Å². The summed E-state index contributed by atoms with van der Waals surface area (Å²) in [5.41, 5.74) is 8.44. The monoisotopic (exact) mass is 797 g/mol. The van der Waals surface area contributed by atoms with Gasteiger partial charge in [-0.1, -0.05) is 176 Å². The van der Waals surface area contributed by atoms with Crippen molar-refractivity contribution in [2.45, 2.75) is 0 Å². The van der Waals surface area contributed by atoms with Crippen molar-refractivity contribution >= 4 is 21.8 Å². The Labute approximate surface area is 357 Å². The van der Waals surface area contributed by atoms with Crippen LogP contribution < -0.4 is 4.74 Å². The molecule has 11 aromatic rings. The second-order valence-corrected chi connectivity index (χ2v) is 14.7. The summed E-state index contributed by atoms with van der Waals surface area (Å²) in [5.74, 6) is 4.42. The summed E-state index contributed by atoms with van der Waals surface area (Å²) in [6.07, 6.45) is 0. The minimum Gasteiger partial charge on any atom is -0.457 e. The van der Waals surface area contributed by atoms with Crippen LogP contribution in [-0.2, 0) is 0 Å². The quantitative estimate of drug-likeness (QED) is 0.144. The zero-order valence-corrected chi connectivity index (χ0v) is 33.2. The smallest absolute Gasteiger partial charge is 0.238 e. The summed E-state index contributed by atoms with van der Waals surface area (Å²) in [7, 11) is 0. The maximum Gasteiger partial charge on any atom is 0.238 e. The molecule has 0 aliphatic heterocycles. The number of rotatable bonds is 9. The molecule has 0 aliphatic carbocycles. The maximum atomic E-state index is 6.76. The number of hydrogen-bond acceptors (Lipinski definition) is 7. The Bertz CT molecular complexity index is 3320. The van der Waals surface area contributed by atoms with Crippen molar-refractivity contribution in [3.05, 3.63) is 212 Å². The van der Waals surface area contributed by atoms with Gasteiger partial charge in [0.15, 0.2) is 29.1 Å². The fraction of sp³-hybridized carbons (Fsp3) is 0. The Morgan fingerprint density at radius 2 is 0.774 bits per heavy atom. The number of fused-ring (bicyclic) bond motifs is 3. The molecular weight excluding hydrogens is 763 g/mol. The molecule has 0 bridgehead atoms. The normalized spacial score (nSPS) is 11.2. The third kappa shape index (κ3) is 6.91. The highest BCUT2D eigenvalue weighted by Gasteiger charge is 2.21. The van der Waals surface area contributed by atoms with Gasteiger partial charge in [0.05, 0.1) is 16.6 Å². The third-order valence-electron chi connectivity index (χ3n) is 10.8. The molecule has 0 radical (unpaired) electrons. The molecule has 3 heterocycles. The molecule has 11 rings (SSSR count). The molecule has 8 nitrogen and oxygen atoms in total. The van der Waals surface area contributed by atoms with E-state index >= 15 is 0 Å². The van der Waals surface area contributed by atoms with Crippen LogP contribution in [0.3, 0.4) is 0 Å². The van der Waals surface area contributed by atoms with Gasteiger partial charge >= 0.3 is 0 Å². The van der Waals surface area contributed by atoms with Crippen molar-refractivity contribution in [1.29, 1.82) is 0 Å². The van der Waals surface area contributed by atoms with Crippen LogP contribution in [0.15, 0.2) is 212 Å². The first-order chi connectivity index (χ1) is 30.7. The summed E-state index contributed by atoms with van der Waals surface area (Å²) >= 11 is 0. The molecule has 0 saturated carbocycles. The summed E-state index contributed by atoms with van der Waals surface area (Å²) in [6.45, 7) is 0. The Kier molecular flexibility index (Phi) is 9.33. The molecule has 0 saturated heterocycles. The molecule has 0 atom stereocenters. The van der Waals surface area contributed by atoms with Gasteiger partial charge in [-0.2, -0.15) is 9.97 Å². The molecule has 8 heteroatoms. The Morgan fingerprint density at radius 1 is 0.323 bits per heavy atom. The van der Waals surface area contributed by atoms with Crippen LogP contribution in [0, 0.1) is 0 Å². The first-order valence-electron chi connectivity index (χ1n) is 20.4. The summed E-state index contributed by atoms with van der Waals surface area (Å²) in [4.78, 5) is 30.3. The van der Waals surface area contributed by atoms with Crippen LogP contribution in [0.25, 0.3) is 95.8 Å². The standard InChI is InChI=1S/C54H35N7O/c1-5-19-36(20-6-1)42-31-18-33-46-48(42)43-29-13-15-32-45(43)61(46)54-59-51(39-25-11-4-12-26-39)58-53(60-54)44-30-14-16-34-47(44)62-41-28-17-27-40(35-41)52-56-49(37-21-7-2-8-22-37)55-50(57-52)38-23-9-3-10-24-38/h1-35H. The fourth-order valence-electron chi connectivity index (χ4n) is 7.90. The zero-order chi connectivity index (χ0) is 41.2. The summed E-state index contributed by atoms with van der Waals surface area (Å²) in [5, 5.41) is 2.24. The van der Waals surface area contributed by atoms with E-state index in [0.29, 0.717) is 52.1 Å². The second kappa shape index (κ2) is 15.9. The van der Waals surface area contributed by atoms with Gasteiger partial charge < -0.3 is 4.74 Å². The largest absolute Gasteiger partial charge is 0.457 e. The van der Waals surface area contributed by atoms with Crippen molar-refractivity contribution in [1.82, 2.24) is 34.5 Å². The van der Waals surface area contributed by atoms with E-state index in [0.717, 1.165) is 55.2 Å².